The molecule has 0 bridgehead atoms. The summed E-state index contributed by atoms with van der Waals surface area (Å²) in [6, 6.07) is 5.79. The molecule has 5 heteroatoms. The lowest BCUT2D eigenvalue weighted by Gasteiger charge is -2.11. The first-order chi connectivity index (χ1) is 8.31. The van der Waals surface area contributed by atoms with E-state index in [4.69, 9.17) is 4.74 Å². The number of aromatic nitrogens is 2. The molecule has 2 heterocycles. The van der Waals surface area contributed by atoms with Crippen LogP contribution in [-0.2, 0) is 4.74 Å². The van der Waals surface area contributed by atoms with Gasteiger partial charge in [-0.1, -0.05) is 0 Å². The molecule has 1 saturated heterocycles. The van der Waals surface area contributed by atoms with Crippen LogP contribution in [0.25, 0.3) is 11.0 Å². The second kappa shape index (κ2) is 4.25. The smallest absolute Gasteiger partial charge is 0.323 e. The maximum absolute atomic E-state index is 11.1. The van der Waals surface area contributed by atoms with E-state index in [1.165, 1.54) is 0 Å². The number of hydrogen-bond donors (Lipinski definition) is 3. The van der Waals surface area contributed by atoms with Crippen molar-refractivity contribution in [2.45, 2.75) is 18.9 Å². The topological polar surface area (TPSA) is 69.9 Å². The standard InChI is InChI=1S/C12H15N3O2/c16-12-14-10-4-3-8(6-11(10)15-12)13-7-9-2-1-5-17-9/h3-4,6,9,13H,1-2,5,7H2,(H2,14,15,16). The Hall–Kier alpha value is -1.75. The fourth-order valence-electron chi connectivity index (χ4n) is 2.18. The molecule has 2 aromatic rings. The van der Waals surface area contributed by atoms with Crippen LogP contribution in [-0.4, -0.2) is 29.2 Å². The number of H-pyrrole nitrogens is 2. The van der Waals surface area contributed by atoms with E-state index in [2.05, 4.69) is 15.3 Å². The zero-order chi connectivity index (χ0) is 11.7. The first kappa shape index (κ1) is 10.4. The average Bonchev–Trinajstić information content (AvgIpc) is 2.92. The largest absolute Gasteiger partial charge is 0.382 e. The van der Waals surface area contributed by atoms with E-state index in [9.17, 15) is 4.79 Å². The van der Waals surface area contributed by atoms with Crippen LogP contribution in [0, 0.1) is 0 Å². The molecule has 1 atom stereocenters. The molecule has 0 spiro atoms. The SMILES string of the molecule is O=c1[nH]c2ccc(NCC3CCCO3)cc2[nH]1. The maximum Gasteiger partial charge on any atom is 0.323 e. The lowest BCUT2D eigenvalue weighted by molar-refractivity contribution is 0.120. The molecular weight excluding hydrogens is 218 g/mol. The molecule has 1 aliphatic heterocycles. The van der Waals surface area contributed by atoms with Gasteiger partial charge in [-0.05, 0) is 31.0 Å². The van der Waals surface area contributed by atoms with Gasteiger partial charge in [0.05, 0.1) is 17.1 Å². The molecule has 3 rings (SSSR count). The van der Waals surface area contributed by atoms with Crippen LogP contribution < -0.4 is 11.0 Å². The summed E-state index contributed by atoms with van der Waals surface area (Å²) in [6.45, 7) is 1.69. The molecular formula is C12H15N3O2. The highest BCUT2D eigenvalue weighted by atomic mass is 16.5. The molecule has 17 heavy (non-hydrogen) atoms. The second-order valence-corrected chi connectivity index (χ2v) is 4.36. The summed E-state index contributed by atoms with van der Waals surface area (Å²) in [5.74, 6) is 0. The van der Waals surface area contributed by atoms with E-state index in [-0.39, 0.29) is 5.69 Å². The van der Waals surface area contributed by atoms with Crippen molar-refractivity contribution in [2.24, 2.45) is 0 Å². The van der Waals surface area contributed by atoms with Crippen LogP contribution in [0.5, 0.6) is 0 Å². The Morgan fingerprint density at radius 1 is 1.35 bits per heavy atom. The number of imidazole rings is 1. The summed E-state index contributed by atoms with van der Waals surface area (Å²) in [7, 11) is 0. The van der Waals surface area contributed by atoms with E-state index in [0.29, 0.717) is 6.10 Å². The van der Waals surface area contributed by atoms with Crippen molar-refractivity contribution in [1.82, 2.24) is 9.97 Å². The van der Waals surface area contributed by atoms with E-state index < -0.39 is 0 Å². The summed E-state index contributed by atoms with van der Waals surface area (Å²) < 4.78 is 5.54. The Kier molecular flexibility index (Phi) is 2.60. The van der Waals surface area contributed by atoms with Gasteiger partial charge in [-0.3, -0.25) is 0 Å². The molecule has 0 saturated carbocycles. The first-order valence-corrected chi connectivity index (χ1v) is 5.89. The Labute approximate surface area is 98.2 Å². The Balaban J connectivity index is 1.73. The van der Waals surface area contributed by atoms with Gasteiger partial charge in [0.2, 0.25) is 0 Å². The van der Waals surface area contributed by atoms with E-state index in [0.717, 1.165) is 42.7 Å². The van der Waals surface area contributed by atoms with Crippen LogP contribution in [0.4, 0.5) is 5.69 Å². The number of anilines is 1. The average molecular weight is 233 g/mol. The summed E-state index contributed by atoms with van der Waals surface area (Å²) in [5.41, 5.74) is 2.49. The van der Waals surface area contributed by atoms with Gasteiger partial charge in [0.1, 0.15) is 0 Å². The van der Waals surface area contributed by atoms with Crippen LogP contribution in [0.15, 0.2) is 23.0 Å². The molecule has 1 aromatic heterocycles. The maximum atomic E-state index is 11.1. The highest BCUT2D eigenvalue weighted by molar-refractivity contribution is 5.78. The number of benzene rings is 1. The molecule has 1 fully saturated rings. The molecule has 0 aliphatic carbocycles. The van der Waals surface area contributed by atoms with Crippen LogP contribution in [0.1, 0.15) is 12.8 Å². The molecule has 0 radical (unpaired) electrons. The Bertz CT molecular complexity index is 566. The lowest BCUT2D eigenvalue weighted by atomic mass is 10.2. The van der Waals surface area contributed by atoms with Crippen molar-refractivity contribution in [3.63, 3.8) is 0 Å². The van der Waals surface area contributed by atoms with Gasteiger partial charge in [0.15, 0.2) is 0 Å². The van der Waals surface area contributed by atoms with Crippen LogP contribution in [0.2, 0.25) is 0 Å². The fourth-order valence-corrected chi connectivity index (χ4v) is 2.18. The molecule has 90 valence electrons. The zero-order valence-corrected chi connectivity index (χ0v) is 9.45. The number of hydrogen-bond acceptors (Lipinski definition) is 3. The van der Waals surface area contributed by atoms with Crippen molar-refractivity contribution >= 4 is 16.7 Å². The third kappa shape index (κ3) is 2.19. The predicted octanol–water partition coefficient (Wildman–Crippen LogP) is 1.45. The highest BCUT2D eigenvalue weighted by Crippen LogP contribution is 2.16. The van der Waals surface area contributed by atoms with Crippen LogP contribution in [0.3, 0.4) is 0 Å². The van der Waals surface area contributed by atoms with Gasteiger partial charge in [-0.2, -0.15) is 0 Å². The summed E-state index contributed by atoms with van der Waals surface area (Å²) in [5, 5.41) is 3.33. The normalized spacial score (nSPS) is 19.9. The zero-order valence-electron chi connectivity index (χ0n) is 9.45. The molecule has 1 aromatic carbocycles. The van der Waals surface area contributed by atoms with Crippen molar-refractivity contribution in [3.05, 3.63) is 28.7 Å². The fraction of sp³-hybridized carbons (Fsp3) is 0.417. The van der Waals surface area contributed by atoms with Gasteiger partial charge in [0, 0.05) is 18.8 Å². The van der Waals surface area contributed by atoms with Crippen molar-refractivity contribution < 1.29 is 4.74 Å². The molecule has 0 amide bonds. The number of fused-ring (bicyclic) bond motifs is 1. The van der Waals surface area contributed by atoms with Crippen LogP contribution >= 0.6 is 0 Å². The minimum Gasteiger partial charge on any atom is -0.382 e. The van der Waals surface area contributed by atoms with Gasteiger partial charge in [-0.15, -0.1) is 0 Å². The Morgan fingerprint density at radius 2 is 2.24 bits per heavy atom. The lowest BCUT2D eigenvalue weighted by Crippen LogP contribution is -2.18. The molecule has 5 nitrogen and oxygen atoms in total. The molecule has 1 unspecified atom stereocenters. The van der Waals surface area contributed by atoms with Crippen molar-refractivity contribution in [1.29, 1.82) is 0 Å². The van der Waals surface area contributed by atoms with Gasteiger partial charge < -0.3 is 20.0 Å². The highest BCUT2D eigenvalue weighted by Gasteiger charge is 2.14. The third-order valence-electron chi connectivity index (χ3n) is 3.07. The predicted molar refractivity (Wildman–Crippen MR) is 66.4 cm³/mol. The van der Waals surface area contributed by atoms with Crippen molar-refractivity contribution in [3.8, 4) is 0 Å². The quantitative estimate of drug-likeness (QED) is 0.751. The summed E-state index contributed by atoms with van der Waals surface area (Å²) in [4.78, 5) is 16.6. The van der Waals surface area contributed by atoms with Gasteiger partial charge in [0.25, 0.3) is 0 Å². The van der Waals surface area contributed by atoms with Gasteiger partial charge >= 0.3 is 5.69 Å². The molecule has 3 N–H and O–H groups in total. The number of aromatic amines is 2. The summed E-state index contributed by atoms with van der Waals surface area (Å²) in [6.07, 6.45) is 2.59. The van der Waals surface area contributed by atoms with Gasteiger partial charge in [-0.25, -0.2) is 4.79 Å². The van der Waals surface area contributed by atoms with E-state index in [1.54, 1.807) is 0 Å². The minimum absolute atomic E-state index is 0.170. The summed E-state index contributed by atoms with van der Waals surface area (Å²) >= 11 is 0. The first-order valence-electron chi connectivity index (χ1n) is 5.89. The molecule has 1 aliphatic rings. The second-order valence-electron chi connectivity index (χ2n) is 4.36. The number of rotatable bonds is 3. The monoisotopic (exact) mass is 233 g/mol. The number of nitrogens with one attached hydrogen (secondary N) is 3. The minimum atomic E-state index is -0.170. The third-order valence-corrected chi connectivity index (χ3v) is 3.07. The van der Waals surface area contributed by atoms with E-state index >= 15 is 0 Å². The van der Waals surface area contributed by atoms with Crippen molar-refractivity contribution in [2.75, 3.05) is 18.5 Å². The van der Waals surface area contributed by atoms with E-state index in [1.807, 2.05) is 18.2 Å². The Morgan fingerprint density at radius 3 is 3.06 bits per heavy atom. The number of ether oxygens (including phenoxy) is 1.